The second-order valence-electron chi connectivity index (χ2n) is 4.65. The van der Waals surface area contributed by atoms with Gasteiger partial charge in [0, 0.05) is 18.4 Å². The Morgan fingerprint density at radius 2 is 1.85 bits per heavy atom. The highest BCUT2D eigenvalue weighted by molar-refractivity contribution is 9.09. The minimum Gasteiger partial charge on any atom is -0.493 e. The molecule has 1 unspecified atom stereocenters. The number of methoxy groups -OCH3 is 1. The van der Waals surface area contributed by atoms with Gasteiger partial charge in [-0.05, 0) is 23.3 Å². The molecule has 0 saturated heterocycles. The van der Waals surface area contributed by atoms with Crippen molar-refractivity contribution in [2.45, 2.75) is 12.5 Å². The number of hydrogen-bond acceptors (Lipinski definition) is 2. The summed E-state index contributed by atoms with van der Waals surface area (Å²) in [5.41, 5.74) is 2.41. The van der Waals surface area contributed by atoms with Crippen molar-refractivity contribution in [2.24, 2.45) is 0 Å². The van der Waals surface area contributed by atoms with Crippen molar-refractivity contribution in [1.82, 2.24) is 0 Å². The fraction of sp³-hybridized carbons (Fsp3) is 0.294. The molecule has 0 heterocycles. The molecule has 0 aliphatic rings. The molecule has 2 nitrogen and oxygen atoms in total. The third-order valence-electron chi connectivity index (χ3n) is 3.12. The third kappa shape index (κ3) is 4.36. The Labute approximate surface area is 128 Å². The minimum atomic E-state index is 0.349. The summed E-state index contributed by atoms with van der Waals surface area (Å²) in [6.45, 7) is 1.27. The van der Waals surface area contributed by atoms with E-state index in [9.17, 15) is 0 Å². The van der Waals surface area contributed by atoms with E-state index in [0.717, 1.165) is 16.6 Å². The molecule has 0 bridgehead atoms. The van der Waals surface area contributed by atoms with Gasteiger partial charge in [0.1, 0.15) is 5.75 Å². The van der Waals surface area contributed by atoms with E-state index in [0.29, 0.717) is 19.1 Å². The molecule has 3 heteroatoms. The number of rotatable bonds is 7. The van der Waals surface area contributed by atoms with E-state index in [2.05, 4.69) is 40.2 Å². The number of halogens is 1. The molecule has 2 rings (SSSR count). The van der Waals surface area contributed by atoms with Crippen LogP contribution in [0.1, 0.15) is 17.0 Å². The van der Waals surface area contributed by atoms with Crippen molar-refractivity contribution in [1.29, 1.82) is 0 Å². The second kappa shape index (κ2) is 8.08. The predicted molar refractivity (Wildman–Crippen MR) is 85.6 cm³/mol. The van der Waals surface area contributed by atoms with E-state index in [-0.39, 0.29) is 0 Å². The first-order valence-corrected chi connectivity index (χ1v) is 7.77. The Morgan fingerprint density at radius 1 is 1.05 bits per heavy atom. The van der Waals surface area contributed by atoms with Crippen LogP contribution in [0.15, 0.2) is 54.6 Å². The van der Waals surface area contributed by atoms with Crippen LogP contribution >= 0.6 is 15.9 Å². The predicted octanol–water partition coefficient (Wildman–Crippen LogP) is 4.39. The molecule has 0 amide bonds. The molecular formula is C17H19BrO2. The normalized spacial score (nSPS) is 12.1. The van der Waals surface area contributed by atoms with E-state index in [4.69, 9.17) is 9.47 Å². The largest absolute Gasteiger partial charge is 0.493 e. The number of ether oxygens (including phenoxy) is 2. The molecule has 0 aliphatic carbocycles. The average molecular weight is 335 g/mol. The summed E-state index contributed by atoms with van der Waals surface area (Å²) >= 11 is 3.57. The Kier molecular flexibility index (Phi) is 6.09. The van der Waals surface area contributed by atoms with Gasteiger partial charge in [0.25, 0.3) is 0 Å². The summed E-state index contributed by atoms with van der Waals surface area (Å²) in [5.74, 6) is 1.24. The highest BCUT2D eigenvalue weighted by Crippen LogP contribution is 2.21. The van der Waals surface area contributed by atoms with Crippen molar-refractivity contribution in [2.75, 3.05) is 19.0 Å². The lowest BCUT2D eigenvalue weighted by Crippen LogP contribution is -2.11. The summed E-state index contributed by atoms with van der Waals surface area (Å²) in [5, 5.41) is 0.884. The van der Waals surface area contributed by atoms with Crippen molar-refractivity contribution in [3.8, 4) is 5.75 Å². The van der Waals surface area contributed by atoms with Crippen LogP contribution in [0.5, 0.6) is 5.75 Å². The highest BCUT2D eigenvalue weighted by atomic mass is 79.9. The molecule has 20 heavy (non-hydrogen) atoms. The lowest BCUT2D eigenvalue weighted by molar-refractivity contribution is 0.184. The topological polar surface area (TPSA) is 18.5 Å². The highest BCUT2D eigenvalue weighted by Gasteiger charge is 2.10. The third-order valence-corrected chi connectivity index (χ3v) is 3.90. The molecule has 0 spiro atoms. The van der Waals surface area contributed by atoms with Gasteiger partial charge in [-0.2, -0.15) is 0 Å². The van der Waals surface area contributed by atoms with Crippen LogP contribution in [0.2, 0.25) is 0 Å². The molecule has 0 radical (unpaired) electrons. The van der Waals surface area contributed by atoms with Gasteiger partial charge in [0.2, 0.25) is 0 Å². The van der Waals surface area contributed by atoms with Crippen molar-refractivity contribution in [3.63, 3.8) is 0 Å². The van der Waals surface area contributed by atoms with Crippen LogP contribution in [0.3, 0.4) is 0 Å². The molecule has 0 aliphatic heterocycles. The Hall–Kier alpha value is -1.32. The molecule has 2 aromatic carbocycles. The van der Waals surface area contributed by atoms with Crippen LogP contribution in [0.4, 0.5) is 0 Å². The van der Waals surface area contributed by atoms with Gasteiger partial charge in [-0.15, -0.1) is 0 Å². The smallest absolute Gasteiger partial charge is 0.119 e. The van der Waals surface area contributed by atoms with Crippen molar-refractivity contribution < 1.29 is 9.47 Å². The van der Waals surface area contributed by atoms with Gasteiger partial charge >= 0.3 is 0 Å². The summed E-state index contributed by atoms with van der Waals surface area (Å²) < 4.78 is 11.1. The molecule has 0 fully saturated rings. The number of hydrogen-bond donors (Lipinski definition) is 0. The summed E-state index contributed by atoms with van der Waals surface area (Å²) in [7, 11) is 1.70. The van der Waals surface area contributed by atoms with Gasteiger partial charge in [0.05, 0.1) is 13.2 Å². The standard InChI is InChI=1S/C17H19BrO2/c1-19-12-14-6-5-9-17(10-14)20-13-16(11-18)15-7-3-2-4-8-15/h2-10,16H,11-13H2,1H3. The van der Waals surface area contributed by atoms with Crippen molar-refractivity contribution >= 4 is 15.9 Å². The number of alkyl halides is 1. The van der Waals surface area contributed by atoms with Crippen LogP contribution in [-0.2, 0) is 11.3 Å². The second-order valence-corrected chi connectivity index (χ2v) is 5.30. The zero-order chi connectivity index (χ0) is 14.2. The molecule has 0 aromatic heterocycles. The zero-order valence-corrected chi connectivity index (χ0v) is 13.2. The quantitative estimate of drug-likeness (QED) is 0.699. The van der Waals surface area contributed by atoms with E-state index in [1.807, 2.05) is 30.3 Å². The Bertz CT molecular complexity index is 513. The maximum atomic E-state index is 5.91. The molecule has 0 N–H and O–H groups in total. The summed E-state index contributed by atoms with van der Waals surface area (Å²) in [6, 6.07) is 18.5. The summed E-state index contributed by atoms with van der Waals surface area (Å²) in [4.78, 5) is 0. The molecule has 2 aromatic rings. The van der Waals surface area contributed by atoms with Gasteiger partial charge in [-0.3, -0.25) is 0 Å². The lowest BCUT2D eigenvalue weighted by atomic mass is 10.0. The first-order valence-electron chi connectivity index (χ1n) is 6.65. The average Bonchev–Trinajstić information content (AvgIpc) is 2.50. The number of benzene rings is 2. The van der Waals surface area contributed by atoms with Crippen molar-refractivity contribution in [3.05, 3.63) is 65.7 Å². The zero-order valence-electron chi connectivity index (χ0n) is 11.6. The van der Waals surface area contributed by atoms with Gasteiger partial charge in [-0.25, -0.2) is 0 Å². The summed E-state index contributed by atoms with van der Waals surface area (Å²) in [6.07, 6.45) is 0. The first-order chi connectivity index (χ1) is 9.83. The van der Waals surface area contributed by atoms with E-state index in [1.165, 1.54) is 5.56 Å². The molecule has 1 atom stereocenters. The molecule has 106 valence electrons. The fourth-order valence-corrected chi connectivity index (χ4v) is 2.60. The fourth-order valence-electron chi connectivity index (χ4n) is 2.04. The van der Waals surface area contributed by atoms with E-state index >= 15 is 0 Å². The Morgan fingerprint density at radius 3 is 2.55 bits per heavy atom. The SMILES string of the molecule is COCc1cccc(OCC(CBr)c2ccccc2)c1. The monoisotopic (exact) mass is 334 g/mol. The van der Waals surface area contributed by atoms with E-state index < -0.39 is 0 Å². The minimum absolute atomic E-state index is 0.349. The molecule has 0 saturated carbocycles. The van der Waals surface area contributed by atoms with E-state index in [1.54, 1.807) is 7.11 Å². The maximum Gasteiger partial charge on any atom is 0.119 e. The van der Waals surface area contributed by atoms with Crippen LogP contribution in [0, 0.1) is 0 Å². The van der Waals surface area contributed by atoms with Crippen LogP contribution < -0.4 is 4.74 Å². The molecular weight excluding hydrogens is 316 g/mol. The van der Waals surface area contributed by atoms with Gasteiger partial charge in [-0.1, -0.05) is 58.4 Å². The first kappa shape index (κ1) is 15.1. The van der Waals surface area contributed by atoms with Gasteiger partial charge in [0.15, 0.2) is 0 Å². The van der Waals surface area contributed by atoms with Crippen LogP contribution in [0.25, 0.3) is 0 Å². The van der Waals surface area contributed by atoms with Crippen LogP contribution in [-0.4, -0.2) is 19.0 Å². The Balaban J connectivity index is 1.98. The van der Waals surface area contributed by atoms with Gasteiger partial charge < -0.3 is 9.47 Å². The maximum absolute atomic E-state index is 5.91. The lowest BCUT2D eigenvalue weighted by Gasteiger charge is -2.16.